The molecule has 12 heteroatoms. The van der Waals surface area contributed by atoms with E-state index in [0.717, 1.165) is 0 Å². The minimum Gasteiger partial charge on any atom is -0.462 e. The van der Waals surface area contributed by atoms with Crippen molar-refractivity contribution in [1.29, 1.82) is 0 Å². The van der Waals surface area contributed by atoms with Gasteiger partial charge in [-0.3, -0.25) is 19.2 Å². The number of carbonyl (C=O) groups excluding carboxylic acids is 4. The topological polar surface area (TPSA) is 163 Å². The third kappa shape index (κ3) is 9.16. The summed E-state index contributed by atoms with van der Waals surface area (Å²) in [5, 5.41) is 3.62. The van der Waals surface area contributed by atoms with Crippen molar-refractivity contribution in [2.45, 2.75) is 114 Å². The second-order valence-corrected chi connectivity index (χ2v) is 13.5. The maximum atomic E-state index is 13.0. The van der Waals surface area contributed by atoms with Crippen molar-refractivity contribution in [1.82, 2.24) is 0 Å². The molecule has 0 aliphatic carbocycles. The van der Waals surface area contributed by atoms with Crippen molar-refractivity contribution in [3.63, 3.8) is 0 Å². The highest BCUT2D eigenvalue weighted by molar-refractivity contribution is 5.78. The second kappa shape index (κ2) is 11.9. The zero-order valence-electron chi connectivity index (χ0n) is 24.6. The fourth-order valence-electron chi connectivity index (χ4n) is 2.85. The van der Waals surface area contributed by atoms with Crippen molar-refractivity contribution < 1.29 is 42.9 Å². The highest BCUT2D eigenvalue weighted by Crippen LogP contribution is 2.34. The molecule has 0 aromatic rings. The SMILES string of the molecule is CC(C)(C)C(=O)OC[C@H]1O[C@H](N=[N+]=[N-])[C@@H](OC(=O)C(C)(C)C)[C@@H](OC(=O)C(C)(C)C)[C@H]1OC(=O)C(C)(C)C. The van der Waals surface area contributed by atoms with Gasteiger partial charge >= 0.3 is 23.9 Å². The van der Waals surface area contributed by atoms with E-state index in [9.17, 15) is 24.7 Å². The number of rotatable bonds is 6. The first-order valence-corrected chi connectivity index (χ1v) is 12.5. The molecule has 0 amide bonds. The predicted octanol–water partition coefficient (Wildman–Crippen LogP) is 4.48. The Hall–Kier alpha value is -2.85. The van der Waals surface area contributed by atoms with Crippen LogP contribution in [0.25, 0.3) is 10.4 Å². The second-order valence-electron chi connectivity index (χ2n) is 13.5. The number of nitrogens with zero attached hydrogens (tertiary/aromatic N) is 3. The van der Waals surface area contributed by atoms with E-state index < -0.39 is 82.8 Å². The molecular weight excluding hydrogens is 498 g/mol. The van der Waals surface area contributed by atoms with Crippen molar-refractivity contribution in [3.05, 3.63) is 10.4 Å². The number of azide groups is 1. The Labute approximate surface area is 224 Å². The molecule has 0 bridgehead atoms. The van der Waals surface area contributed by atoms with Gasteiger partial charge in [-0.2, -0.15) is 0 Å². The first kappa shape index (κ1) is 33.2. The van der Waals surface area contributed by atoms with E-state index in [1.165, 1.54) is 0 Å². The Morgan fingerprint density at radius 3 is 1.39 bits per heavy atom. The molecule has 0 radical (unpaired) electrons. The molecule has 1 saturated heterocycles. The standard InChI is InChI=1S/C26H43N3O9/c1-23(2,3)19(30)34-13-14-15(36-20(31)24(4,5)6)16(37-21(32)25(7,8)9)17(18(35-14)28-29-27)38-22(33)26(10,11)12/h14-18H,13H2,1-12H3/t14-,15+,16+,17+,18+/m1/s1. The summed E-state index contributed by atoms with van der Waals surface area (Å²) in [6.45, 7) is 19.2. The van der Waals surface area contributed by atoms with Crippen LogP contribution < -0.4 is 0 Å². The molecule has 1 heterocycles. The van der Waals surface area contributed by atoms with E-state index in [0.29, 0.717) is 0 Å². The van der Waals surface area contributed by atoms with Crippen LogP contribution in [0.15, 0.2) is 5.11 Å². The molecule has 0 spiro atoms. The quantitative estimate of drug-likeness (QED) is 0.155. The van der Waals surface area contributed by atoms with Gasteiger partial charge in [0, 0.05) is 4.91 Å². The van der Waals surface area contributed by atoms with E-state index in [4.69, 9.17) is 23.7 Å². The monoisotopic (exact) mass is 541 g/mol. The summed E-state index contributed by atoms with van der Waals surface area (Å²) in [5.41, 5.74) is 5.44. The lowest BCUT2D eigenvalue weighted by molar-refractivity contribution is -0.259. The van der Waals surface area contributed by atoms with Gasteiger partial charge in [-0.25, -0.2) is 0 Å². The number of hydrogen-bond donors (Lipinski definition) is 0. The number of carbonyl (C=O) groups is 4. The van der Waals surface area contributed by atoms with Gasteiger partial charge in [0.1, 0.15) is 12.7 Å². The van der Waals surface area contributed by atoms with Gasteiger partial charge in [-0.15, -0.1) is 0 Å². The molecule has 12 nitrogen and oxygen atoms in total. The van der Waals surface area contributed by atoms with Crippen LogP contribution in [0.3, 0.4) is 0 Å². The third-order valence-corrected chi connectivity index (χ3v) is 5.33. The highest BCUT2D eigenvalue weighted by atomic mass is 16.7. The molecule has 0 unspecified atom stereocenters. The highest BCUT2D eigenvalue weighted by Gasteiger charge is 2.54. The molecule has 5 atom stereocenters. The van der Waals surface area contributed by atoms with Gasteiger partial charge in [-0.05, 0) is 88.6 Å². The summed E-state index contributed by atoms with van der Waals surface area (Å²) in [7, 11) is 0. The summed E-state index contributed by atoms with van der Waals surface area (Å²) in [5.74, 6) is -2.62. The van der Waals surface area contributed by atoms with Crippen LogP contribution in [0.1, 0.15) is 83.1 Å². The van der Waals surface area contributed by atoms with Gasteiger partial charge < -0.3 is 23.7 Å². The van der Waals surface area contributed by atoms with Gasteiger partial charge in [0.2, 0.25) is 0 Å². The van der Waals surface area contributed by atoms with Crippen LogP contribution in [-0.4, -0.2) is 61.1 Å². The van der Waals surface area contributed by atoms with Crippen LogP contribution in [0, 0.1) is 21.7 Å². The molecule has 38 heavy (non-hydrogen) atoms. The molecule has 0 aromatic carbocycles. The number of ether oxygens (including phenoxy) is 5. The Kier molecular flexibility index (Phi) is 10.4. The van der Waals surface area contributed by atoms with Crippen LogP contribution in [0.2, 0.25) is 0 Å². The van der Waals surface area contributed by atoms with Crippen LogP contribution >= 0.6 is 0 Å². The molecular formula is C26H43N3O9. The van der Waals surface area contributed by atoms with Gasteiger partial charge in [0.15, 0.2) is 24.5 Å². The molecule has 216 valence electrons. The Morgan fingerprint density at radius 1 is 0.658 bits per heavy atom. The minimum atomic E-state index is -1.48. The molecule has 1 fully saturated rings. The summed E-state index contributed by atoms with van der Waals surface area (Å²) >= 11 is 0. The zero-order valence-corrected chi connectivity index (χ0v) is 24.6. The summed E-state index contributed by atoms with van der Waals surface area (Å²) in [6, 6.07) is 0. The van der Waals surface area contributed by atoms with Crippen LogP contribution in [-0.2, 0) is 42.9 Å². The maximum Gasteiger partial charge on any atom is 0.311 e. The summed E-state index contributed by atoms with van der Waals surface area (Å²) < 4.78 is 28.6. The molecule has 0 aromatic heterocycles. The van der Waals surface area contributed by atoms with Crippen LogP contribution in [0.4, 0.5) is 0 Å². The van der Waals surface area contributed by atoms with Gasteiger partial charge in [0.25, 0.3) is 0 Å². The largest absolute Gasteiger partial charge is 0.462 e. The minimum absolute atomic E-state index is 0.418. The molecule has 1 aliphatic heterocycles. The zero-order chi connectivity index (χ0) is 29.9. The van der Waals surface area contributed by atoms with Crippen molar-refractivity contribution >= 4 is 23.9 Å². The van der Waals surface area contributed by atoms with Crippen molar-refractivity contribution in [3.8, 4) is 0 Å². The van der Waals surface area contributed by atoms with Gasteiger partial charge in [0.05, 0.1) is 21.7 Å². The average Bonchev–Trinajstić information content (AvgIpc) is 2.73. The molecule has 1 aliphatic rings. The van der Waals surface area contributed by atoms with E-state index in [1.54, 1.807) is 83.1 Å². The first-order chi connectivity index (χ1) is 17.0. The van der Waals surface area contributed by atoms with Crippen LogP contribution in [0.5, 0.6) is 0 Å². The fraction of sp³-hybridized carbons (Fsp3) is 0.846. The van der Waals surface area contributed by atoms with Crippen molar-refractivity contribution in [2.24, 2.45) is 26.8 Å². The Balaban J connectivity index is 3.67. The Morgan fingerprint density at radius 2 is 1.03 bits per heavy atom. The Bertz CT molecular complexity index is 945. The third-order valence-electron chi connectivity index (χ3n) is 5.33. The maximum absolute atomic E-state index is 13.0. The van der Waals surface area contributed by atoms with E-state index in [1.807, 2.05) is 0 Å². The first-order valence-electron chi connectivity index (χ1n) is 12.5. The van der Waals surface area contributed by atoms with E-state index >= 15 is 0 Å². The predicted molar refractivity (Wildman–Crippen MR) is 136 cm³/mol. The number of esters is 4. The molecule has 0 saturated carbocycles. The smallest absolute Gasteiger partial charge is 0.311 e. The lowest BCUT2D eigenvalue weighted by Crippen LogP contribution is -2.63. The normalized spacial score (nSPS) is 24.5. The van der Waals surface area contributed by atoms with Gasteiger partial charge in [-0.1, -0.05) is 5.11 Å². The van der Waals surface area contributed by atoms with E-state index in [2.05, 4.69) is 10.0 Å². The number of hydrogen-bond acceptors (Lipinski definition) is 10. The average molecular weight is 542 g/mol. The lowest BCUT2D eigenvalue weighted by atomic mass is 9.92. The van der Waals surface area contributed by atoms with Crippen molar-refractivity contribution in [2.75, 3.05) is 6.61 Å². The molecule has 0 N–H and O–H groups in total. The summed E-state index contributed by atoms with van der Waals surface area (Å²) in [6.07, 6.45) is -6.97. The van der Waals surface area contributed by atoms with E-state index in [-0.39, 0.29) is 0 Å². The lowest BCUT2D eigenvalue weighted by Gasteiger charge is -2.45. The molecule has 1 rings (SSSR count). The summed E-state index contributed by atoms with van der Waals surface area (Å²) in [4.78, 5) is 54.2. The fourth-order valence-corrected chi connectivity index (χ4v) is 2.85.